The van der Waals surface area contributed by atoms with Crippen molar-refractivity contribution in [3.8, 4) is 5.75 Å². The number of methoxy groups -OCH3 is 1. The first-order valence-corrected chi connectivity index (χ1v) is 8.73. The Hall–Kier alpha value is -2.20. The molecule has 1 aromatic heterocycles. The SMILES string of the molecule is CCN(CC)CCCNc1ccc(OC)c2oc3ccccc3c12. The monoisotopic (exact) mass is 326 g/mol. The van der Waals surface area contributed by atoms with Gasteiger partial charge in [0.1, 0.15) is 5.58 Å². The molecule has 24 heavy (non-hydrogen) atoms. The van der Waals surface area contributed by atoms with E-state index in [1.54, 1.807) is 7.11 Å². The van der Waals surface area contributed by atoms with Crippen LogP contribution in [0.25, 0.3) is 21.9 Å². The maximum Gasteiger partial charge on any atom is 0.179 e. The molecule has 0 spiro atoms. The number of hydrogen-bond donors (Lipinski definition) is 1. The zero-order chi connectivity index (χ0) is 16.9. The number of furan rings is 1. The molecule has 3 aromatic rings. The van der Waals surface area contributed by atoms with Crippen LogP contribution in [0.2, 0.25) is 0 Å². The van der Waals surface area contributed by atoms with Crippen LogP contribution < -0.4 is 10.1 Å². The van der Waals surface area contributed by atoms with E-state index < -0.39 is 0 Å². The average molecular weight is 326 g/mol. The molecule has 0 fully saturated rings. The van der Waals surface area contributed by atoms with Crippen LogP contribution in [0.3, 0.4) is 0 Å². The molecule has 4 nitrogen and oxygen atoms in total. The van der Waals surface area contributed by atoms with E-state index in [0.717, 1.165) is 66.0 Å². The van der Waals surface area contributed by atoms with E-state index in [1.165, 1.54) is 0 Å². The Bertz CT molecular complexity index is 806. The van der Waals surface area contributed by atoms with Crippen molar-refractivity contribution in [1.82, 2.24) is 4.90 Å². The lowest BCUT2D eigenvalue weighted by Crippen LogP contribution is -2.25. The van der Waals surface area contributed by atoms with Crippen molar-refractivity contribution in [3.63, 3.8) is 0 Å². The summed E-state index contributed by atoms with van der Waals surface area (Å²) in [6, 6.07) is 12.2. The zero-order valence-corrected chi connectivity index (χ0v) is 14.8. The molecule has 0 amide bonds. The van der Waals surface area contributed by atoms with Gasteiger partial charge < -0.3 is 19.4 Å². The first-order chi connectivity index (χ1) is 11.8. The number of benzene rings is 2. The van der Waals surface area contributed by atoms with E-state index in [2.05, 4.69) is 36.2 Å². The molecule has 0 aliphatic carbocycles. The Kier molecular flexibility index (Phi) is 5.26. The van der Waals surface area contributed by atoms with E-state index in [-0.39, 0.29) is 0 Å². The van der Waals surface area contributed by atoms with Crippen molar-refractivity contribution in [3.05, 3.63) is 36.4 Å². The minimum Gasteiger partial charge on any atom is -0.493 e. The summed E-state index contributed by atoms with van der Waals surface area (Å²) in [4.78, 5) is 2.44. The van der Waals surface area contributed by atoms with Gasteiger partial charge >= 0.3 is 0 Å². The van der Waals surface area contributed by atoms with Crippen molar-refractivity contribution in [2.45, 2.75) is 20.3 Å². The predicted molar refractivity (Wildman–Crippen MR) is 101 cm³/mol. The maximum atomic E-state index is 6.02. The number of nitrogens with zero attached hydrogens (tertiary/aromatic N) is 1. The summed E-state index contributed by atoms with van der Waals surface area (Å²) in [5, 5.41) is 5.81. The van der Waals surface area contributed by atoms with Crippen molar-refractivity contribution in [2.24, 2.45) is 0 Å². The van der Waals surface area contributed by atoms with Gasteiger partial charge in [-0.3, -0.25) is 0 Å². The zero-order valence-electron chi connectivity index (χ0n) is 14.8. The molecule has 0 aliphatic rings. The van der Waals surface area contributed by atoms with Crippen LogP contribution in [0, 0.1) is 0 Å². The van der Waals surface area contributed by atoms with Crippen molar-refractivity contribution < 1.29 is 9.15 Å². The lowest BCUT2D eigenvalue weighted by Gasteiger charge is -2.18. The Morgan fingerprint density at radius 3 is 2.62 bits per heavy atom. The van der Waals surface area contributed by atoms with Crippen LogP contribution >= 0.6 is 0 Å². The highest BCUT2D eigenvalue weighted by Gasteiger charge is 2.15. The Morgan fingerprint density at radius 2 is 1.88 bits per heavy atom. The lowest BCUT2D eigenvalue weighted by atomic mass is 10.1. The summed E-state index contributed by atoms with van der Waals surface area (Å²) in [6.07, 6.45) is 1.12. The van der Waals surface area contributed by atoms with E-state index in [9.17, 15) is 0 Å². The molecule has 3 rings (SSSR count). The second-order valence-corrected chi connectivity index (χ2v) is 5.92. The summed E-state index contributed by atoms with van der Waals surface area (Å²) in [5.74, 6) is 0.773. The second kappa shape index (κ2) is 7.58. The summed E-state index contributed by atoms with van der Waals surface area (Å²) in [5.41, 5.74) is 2.81. The second-order valence-electron chi connectivity index (χ2n) is 5.92. The highest BCUT2D eigenvalue weighted by Crippen LogP contribution is 2.39. The number of nitrogens with one attached hydrogen (secondary N) is 1. The summed E-state index contributed by atoms with van der Waals surface area (Å²) in [7, 11) is 1.68. The van der Waals surface area contributed by atoms with Gasteiger partial charge in [0, 0.05) is 17.6 Å². The number of fused-ring (bicyclic) bond motifs is 3. The van der Waals surface area contributed by atoms with E-state index in [1.807, 2.05) is 24.3 Å². The lowest BCUT2D eigenvalue weighted by molar-refractivity contribution is 0.303. The minimum absolute atomic E-state index is 0.773. The highest BCUT2D eigenvalue weighted by atomic mass is 16.5. The van der Waals surface area contributed by atoms with Crippen molar-refractivity contribution in [2.75, 3.05) is 38.6 Å². The van der Waals surface area contributed by atoms with E-state index in [0.29, 0.717) is 0 Å². The van der Waals surface area contributed by atoms with Gasteiger partial charge in [-0.15, -0.1) is 0 Å². The highest BCUT2D eigenvalue weighted by molar-refractivity contribution is 6.13. The summed E-state index contributed by atoms with van der Waals surface area (Å²) >= 11 is 0. The number of hydrogen-bond acceptors (Lipinski definition) is 4. The fourth-order valence-electron chi connectivity index (χ4n) is 3.18. The number of para-hydroxylation sites is 1. The van der Waals surface area contributed by atoms with Gasteiger partial charge in [0.25, 0.3) is 0 Å². The third-order valence-corrected chi connectivity index (χ3v) is 4.57. The molecule has 0 saturated carbocycles. The molecule has 0 saturated heterocycles. The van der Waals surface area contributed by atoms with Gasteiger partial charge in [0.2, 0.25) is 0 Å². The average Bonchev–Trinajstić information content (AvgIpc) is 3.01. The molecular formula is C20H26N2O2. The van der Waals surface area contributed by atoms with Crippen LogP contribution in [-0.2, 0) is 0 Å². The molecule has 4 heteroatoms. The van der Waals surface area contributed by atoms with E-state index in [4.69, 9.17) is 9.15 Å². The Balaban J connectivity index is 1.85. The third kappa shape index (κ3) is 3.20. The molecule has 0 aliphatic heterocycles. The number of rotatable bonds is 8. The molecule has 1 heterocycles. The van der Waals surface area contributed by atoms with Crippen LogP contribution in [-0.4, -0.2) is 38.2 Å². The number of anilines is 1. The van der Waals surface area contributed by atoms with E-state index >= 15 is 0 Å². The first-order valence-electron chi connectivity index (χ1n) is 8.73. The van der Waals surface area contributed by atoms with Gasteiger partial charge in [0.15, 0.2) is 11.3 Å². The van der Waals surface area contributed by atoms with Gasteiger partial charge in [-0.1, -0.05) is 32.0 Å². The molecule has 128 valence electrons. The fourth-order valence-corrected chi connectivity index (χ4v) is 3.18. The Morgan fingerprint density at radius 1 is 1.08 bits per heavy atom. The van der Waals surface area contributed by atoms with Crippen LogP contribution in [0.1, 0.15) is 20.3 Å². The molecule has 0 radical (unpaired) electrons. The predicted octanol–water partition coefficient (Wildman–Crippen LogP) is 4.74. The molecule has 0 unspecified atom stereocenters. The largest absolute Gasteiger partial charge is 0.493 e. The Labute approximate surface area is 143 Å². The molecule has 0 atom stereocenters. The normalized spacial score (nSPS) is 11.5. The van der Waals surface area contributed by atoms with Crippen LogP contribution in [0.15, 0.2) is 40.8 Å². The van der Waals surface area contributed by atoms with Crippen LogP contribution in [0.5, 0.6) is 5.75 Å². The van der Waals surface area contributed by atoms with Gasteiger partial charge in [0.05, 0.1) is 12.5 Å². The van der Waals surface area contributed by atoms with Gasteiger partial charge in [-0.2, -0.15) is 0 Å². The summed E-state index contributed by atoms with van der Waals surface area (Å²) < 4.78 is 11.5. The summed E-state index contributed by atoms with van der Waals surface area (Å²) in [6.45, 7) is 8.69. The standard InChI is InChI=1S/C20H26N2O2/c1-4-22(5-2)14-8-13-21-16-11-12-18(23-3)20-19(16)15-9-6-7-10-17(15)24-20/h6-7,9-12,21H,4-5,8,13-14H2,1-3H3. The minimum atomic E-state index is 0.773. The molecule has 0 bridgehead atoms. The molecular weight excluding hydrogens is 300 g/mol. The fraction of sp³-hybridized carbons (Fsp3) is 0.400. The van der Waals surface area contributed by atoms with Crippen molar-refractivity contribution >= 4 is 27.6 Å². The van der Waals surface area contributed by atoms with Gasteiger partial charge in [-0.25, -0.2) is 0 Å². The molecule has 1 N–H and O–H groups in total. The van der Waals surface area contributed by atoms with Crippen LogP contribution in [0.4, 0.5) is 5.69 Å². The quantitative estimate of drug-likeness (QED) is 0.607. The van der Waals surface area contributed by atoms with Crippen molar-refractivity contribution in [1.29, 1.82) is 0 Å². The van der Waals surface area contributed by atoms with Gasteiger partial charge in [-0.05, 0) is 44.3 Å². The topological polar surface area (TPSA) is 37.6 Å². The maximum absolute atomic E-state index is 6.02. The number of ether oxygens (including phenoxy) is 1. The third-order valence-electron chi connectivity index (χ3n) is 4.57. The smallest absolute Gasteiger partial charge is 0.179 e. The first kappa shape index (κ1) is 16.7. The molecule has 2 aromatic carbocycles.